The van der Waals surface area contributed by atoms with Gasteiger partial charge in [-0.2, -0.15) is 0 Å². The van der Waals surface area contributed by atoms with Crippen LogP contribution in [0.4, 0.5) is 0 Å². The lowest BCUT2D eigenvalue weighted by Crippen LogP contribution is -2.45. The Balaban J connectivity index is 3.50. The highest BCUT2D eigenvalue weighted by molar-refractivity contribution is 5.76. The molecule has 0 rings (SSSR count). The lowest BCUT2D eigenvalue weighted by molar-refractivity contribution is -0.143. The highest BCUT2D eigenvalue weighted by atomic mass is 16.5. The number of rotatable bonds is 55. The molecule has 0 fully saturated rings. The number of ether oxygens (including phenoxy) is 1. The zero-order valence-corrected chi connectivity index (χ0v) is 44.4. The van der Waals surface area contributed by atoms with Crippen LogP contribution in [0.2, 0.25) is 0 Å². The number of amides is 1. The van der Waals surface area contributed by atoms with Crippen molar-refractivity contribution in [2.45, 2.75) is 334 Å². The normalized spacial score (nSPS) is 12.7. The van der Waals surface area contributed by atoms with Gasteiger partial charge in [-0.3, -0.25) is 9.59 Å². The smallest absolute Gasteiger partial charge is 0.305 e. The Hall–Kier alpha value is -1.66. The fourth-order valence-electron chi connectivity index (χ4n) is 9.16. The van der Waals surface area contributed by atoms with E-state index in [1.807, 2.05) is 6.08 Å². The minimum absolute atomic E-state index is 0.0274. The SMILES string of the molecule is CCCCCCCCC/C=C\CCCCCCCC(=O)OCCCCCCCCCCCCC(=O)NC(CO)C(O)/C=C/CCCCCCCCCCCCCCCCCCCCCCC. The number of aliphatic hydroxyl groups excluding tert-OH is 2. The molecule has 0 aromatic heterocycles. The third-order valence-corrected chi connectivity index (χ3v) is 13.7. The Morgan fingerprint density at radius 3 is 1.08 bits per heavy atom. The predicted octanol–water partition coefficient (Wildman–Crippen LogP) is 18.2. The largest absolute Gasteiger partial charge is 0.466 e. The second-order valence-corrected chi connectivity index (χ2v) is 20.3. The third-order valence-electron chi connectivity index (χ3n) is 13.7. The van der Waals surface area contributed by atoms with Crippen LogP contribution in [0, 0.1) is 0 Å². The van der Waals surface area contributed by atoms with Gasteiger partial charge in [0.2, 0.25) is 5.91 Å². The lowest BCUT2D eigenvalue weighted by Gasteiger charge is -2.20. The molecule has 0 saturated heterocycles. The van der Waals surface area contributed by atoms with E-state index in [-0.39, 0.29) is 18.5 Å². The average molecular weight is 931 g/mol. The molecule has 6 nitrogen and oxygen atoms in total. The zero-order chi connectivity index (χ0) is 47.9. The highest BCUT2D eigenvalue weighted by Crippen LogP contribution is 2.17. The summed E-state index contributed by atoms with van der Waals surface area (Å²) in [4.78, 5) is 24.6. The topological polar surface area (TPSA) is 95.9 Å². The van der Waals surface area contributed by atoms with Crippen molar-refractivity contribution in [2.24, 2.45) is 0 Å². The number of carbonyl (C=O) groups excluding carboxylic acids is 2. The van der Waals surface area contributed by atoms with Crippen molar-refractivity contribution >= 4 is 11.9 Å². The second kappa shape index (κ2) is 55.9. The summed E-state index contributed by atoms with van der Waals surface area (Å²) in [5.74, 6) is -0.116. The van der Waals surface area contributed by atoms with Gasteiger partial charge in [0.1, 0.15) is 0 Å². The minimum atomic E-state index is -0.860. The molecule has 66 heavy (non-hydrogen) atoms. The average Bonchev–Trinajstić information content (AvgIpc) is 3.32. The van der Waals surface area contributed by atoms with Crippen LogP contribution in [-0.2, 0) is 14.3 Å². The number of esters is 1. The summed E-state index contributed by atoms with van der Waals surface area (Å²) >= 11 is 0. The van der Waals surface area contributed by atoms with Crippen LogP contribution < -0.4 is 5.32 Å². The van der Waals surface area contributed by atoms with Crippen molar-refractivity contribution < 1.29 is 24.5 Å². The van der Waals surface area contributed by atoms with E-state index in [0.717, 1.165) is 57.8 Å². The minimum Gasteiger partial charge on any atom is -0.466 e. The van der Waals surface area contributed by atoms with E-state index >= 15 is 0 Å². The van der Waals surface area contributed by atoms with E-state index in [1.54, 1.807) is 6.08 Å². The first-order chi connectivity index (χ1) is 32.5. The van der Waals surface area contributed by atoms with Crippen molar-refractivity contribution in [3.8, 4) is 0 Å². The maximum absolute atomic E-state index is 12.5. The molecular formula is C60H115NO5. The molecular weight excluding hydrogens is 815 g/mol. The Bertz CT molecular complexity index is 1030. The molecule has 0 aromatic carbocycles. The van der Waals surface area contributed by atoms with Gasteiger partial charge < -0.3 is 20.3 Å². The summed E-state index contributed by atoms with van der Waals surface area (Å²) in [6.45, 7) is 4.87. The number of nitrogens with one attached hydrogen (secondary N) is 1. The summed E-state index contributed by atoms with van der Waals surface area (Å²) < 4.78 is 5.46. The Kier molecular flexibility index (Phi) is 54.5. The summed E-state index contributed by atoms with van der Waals surface area (Å²) in [6.07, 6.45) is 67.7. The van der Waals surface area contributed by atoms with E-state index in [9.17, 15) is 19.8 Å². The fourth-order valence-corrected chi connectivity index (χ4v) is 9.16. The molecule has 3 N–H and O–H groups in total. The van der Waals surface area contributed by atoms with Gasteiger partial charge in [0.05, 0.1) is 25.4 Å². The highest BCUT2D eigenvalue weighted by Gasteiger charge is 2.18. The van der Waals surface area contributed by atoms with Gasteiger partial charge in [0.25, 0.3) is 0 Å². The molecule has 0 aliphatic rings. The predicted molar refractivity (Wildman–Crippen MR) is 287 cm³/mol. The molecule has 0 heterocycles. The van der Waals surface area contributed by atoms with Gasteiger partial charge in [-0.25, -0.2) is 0 Å². The standard InChI is InChI=1S/C60H115NO5/c1-3-5-7-9-11-13-15-17-19-21-22-23-24-25-26-27-28-30-32-36-40-44-48-52-58(63)57(56-62)61-59(64)53-49-45-41-37-34-35-39-43-47-51-55-66-60(65)54-50-46-42-38-33-31-29-20-18-16-14-12-10-8-6-4-2/h20,29,48,52,57-58,62-63H,3-19,21-28,30-47,49-51,53-56H2,1-2H3,(H,61,64)/b29-20-,52-48+. The lowest BCUT2D eigenvalue weighted by atomic mass is 10.0. The molecule has 0 aliphatic carbocycles. The molecule has 2 atom stereocenters. The first-order valence-corrected chi connectivity index (χ1v) is 29.6. The zero-order valence-electron chi connectivity index (χ0n) is 44.4. The molecule has 0 aliphatic heterocycles. The van der Waals surface area contributed by atoms with E-state index in [2.05, 4.69) is 31.3 Å². The van der Waals surface area contributed by atoms with Gasteiger partial charge in [-0.05, 0) is 57.8 Å². The number of aliphatic hydroxyl groups is 2. The molecule has 1 amide bonds. The number of hydrogen-bond donors (Lipinski definition) is 3. The first-order valence-electron chi connectivity index (χ1n) is 29.6. The van der Waals surface area contributed by atoms with Crippen molar-refractivity contribution in [1.29, 1.82) is 0 Å². The fraction of sp³-hybridized carbons (Fsp3) is 0.900. The van der Waals surface area contributed by atoms with Crippen LogP contribution in [0.3, 0.4) is 0 Å². The molecule has 0 saturated carbocycles. The maximum atomic E-state index is 12.5. The van der Waals surface area contributed by atoms with Crippen molar-refractivity contribution in [3.63, 3.8) is 0 Å². The summed E-state index contributed by atoms with van der Waals surface area (Å²) in [5, 5.41) is 23.2. The van der Waals surface area contributed by atoms with Crippen molar-refractivity contribution in [3.05, 3.63) is 24.3 Å². The Labute approximate surface area is 411 Å². The van der Waals surface area contributed by atoms with Gasteiger partial charge in [-0.15, -0.1) is 0 Å². The van der Waals surface area contributed by atoms with Crippen molar-refractivity contribution in [2.75, 3.05) is 13.2 Å². The van der Waals surface area contributed by atoms with Gasteiger partial charge in [0.15, 0.2) is 0 Å². The molecule has 390 valence electrons. The van der Waals surface area contributed by atoms with Crippen molar-refractivity contribution in [1.82, 2.24) is 5.32 Å². The first kappa shape index (κ1) is 64.3. The monoisotopic (exact) mass is 930 g/mol. The van der Waals surface area contributed by atoms with Crippen LogP contribution in [-0.4, -0.2) is 47.4 Å². The number of hydrogen-bond acceptors (Lipinski definition) is 5. The Morgan fingerprint density at radius 2 is 0.712 bits per heavy atom. The summed E-state index contributed by atoms with van der Waals surface area (Å²) in [7, 11) is 0. The molecule has 6 heteroatoms. The summed E-state index contributed by atoms with van der Waals surface area (Å²) in [5.41, 5.74) is 0. The number of unbranched alkanes of at least 4 members (excludes halogenated alkanes) is 42. The quantitative estimate of drug-likeness (QED) is 0.0321. The molecule has 0 radical (unpaired) electrons. The Morgan fingerprint density at radius 1 is 0.409 bits per heavy atom. The number of carbonyl (C=O) groups is 2. The number of allylic oxidation sites excluding steroid dienone is 3. The van der Waals surface area contributed by atoms with Gasteiger partial charge in [-0.1, -0.05) is 276 Å². The summed E-state index contributed by atoms with van der Waals surface area (Å²) in [6, 6.07) is -0.646. The van der Waals surface area contributed by atoms with E-state index < -0.39 is 12.1 Å². The van der Waals surface area contributed by atoms with Crippen LogP contribution >= 0.6 is 0 Å². The molecule has 0 spiro atoms. The van der Waals surface area contributed by atoms with E-state index in [1.165, 1.54) is 238 Å². The van der Waals surface area contributed by atoms with E-state index in [0.29, 0.717) is 19.4 Å². The van der Waals surface area contributed by atoms with Crippen LogP contribution in [0.5, 0.6) is 0 Å². The van der Waals surface area contributed by atoms with E-state index in [4.69, 9.17) is 4.74 Å². The third kappa shape index (κ3) is 51.7. The molecule has 0 aromatic rings. The molecule has 2 unspecified atom stereocenters. The van der Waals surface area contributed by atoms with Gasteiger partial charge in [0, 0.05) is 12.8 Å². The van der Waals surface area contributed by atoms with Crippen LogP contribution in [0.1, 0.15) is 322 Å². The van der Waals surface area contributed by atoms with Crippen LogP contribution in [0.15, 0.2) is 24.3 Å². The maximum Gasteiger partial charge on any atom is 0.305 e. The van der Waals surface area contributed by atoms with Gasteiger partial charge >= 0.3 is 5.97 Å². The molecule has 0 bridgehead atoms. The van der Waals surface area contributed by atoms with Crippen LogP contribution in [0.25, 0.3) is 0 Å². The second-order valence-electron chi connectivity index (χ2n) is 20.3.